The molecule has 0 radical (unpaired) electrons. The summed E-state index contributed by atoms with van der Waals surface area (Å²) in [6.07, 6.45) is 7.16. The third-order valence-electron chi connectivity index (χ3n) is 4.83. The highest BCUT2D eigenvalue weighted by molar-refractivity contribution is 5.87. The van der Waals surface area contributed by atoms with Crippen LogP contribution >= 0.6 is 0 Å². The minimum atomic E-state index is -0.161. The van der Waals surface area contributed by atoms with Crippen molar-refractivity contribution in [3.8, 4) is 11.6 Å². The van der Waals surface area contributed by atoms with Gasteiger partial charge in [0.05, 0.1) is 18.7 Å². The summed E-state index contributed by atoms with van der Waals surface area (Å²) in [7, 11) is 1.68. The average Bonchev–Trinajstić information content (AvgIpc) is 3.08. The van der Waals surface area contributed by atoms with Crippen LogP contribution in [0, 0.1) is 0 Å². The van der Waals surface area contributed by atoms with Gasteiger partial charge in [-0.25, -0.2) is 4.98 Å². The predicted molar refractivity (Wildman–Crippen MR) is 97.3 cm³/mol. The molecule has 0 bridgehead atoms. The van der Waals surface area contributed by atoms with E-state index >= 15 is 0 Å². The number of rotatable bonds is 4. The molecule has 25 heavy (non-hydrogen) atoms. The van der Waals surface area contributed by atoms with E-state index in [2.05, 4.69) is 21.4 Å². The number of fused-ring (bicyclic) bond motifs is 1. The highest BCUT2D eigenvalue weighted by Gasteiger charge is 2.20. The largest absolute Gasteiger partial charge is 0.496 e. The molecule has 0 amide bonds. The number of hydrogen-bond donors (Lipinski definition) is 2. The van der Waals surface area contributed by atoms with Gasteiger partial charge in [-0.05, 0) is 49.9 Å². The fourth-order valence-electron chi connectivity index (χ4n) is 3.47. The number of benzene rings is 1. The van der Waals surface area contributed by atoms with Crippen LogP contribution in [0.2, 0.25) is 0 Å². The second-order valence-corrected chi connectivity index (χ2v) is 6.47. The van der Waals surface area contributed by atoms with E-state index in [9.17, 15) is 5.11 Å². The molecule has 1 aromatic carbocycles. The van der Waals surface area contributed by atoms with Gasteiger partial charge < -0.3 is 19.7 Å². The SMILES string of the molecule is COc1cccc2c1ccn2-c1ccnc(N[C@H]2CC[C@H](O)CC2)n1. The second-order valence-electron chi connectivity index (χ2n) is 6.47. The lowest BCUT2D eigenvalue weighted by molar-refractivity contribution is 0.126. The van der Waals surface area contributed by atoms with Crippen molar-refractivity contribution in [1.29, 1.82) is 0 Å². The molecule has 0 unspecified atom stereocenters. The smallest absolute Gasteiger partial charge is 0.224 e. The number of aliphatic hydroxyl groups excluding tert-OH is 1. The summed E-state index contributed by atoms with van der Waals surface area (Å²) in [5.41, 5.74) is 1.05. The Bertz CT molecular complexity index is 869. The summed E-state index contributed by atoms with van der Waals surface area (Å²) >= 11 is 0. The quantitative estimate of drug-likeness (QED) is 0.764. The van der Waals surface area contributed by atoms with Crippen molar-refractivity contribution in [2.45, 2.75) is 37.8 Å². The van der Waals surface area contributed by atoms with Gasteiger partial charge in [0.15, 0.2) is 0 Å². The molecule has 1 saturated carbocycles. The Morgan fingerprint density at radius 2 is 2.00 bits per heavy atom. The molecule has 130 valence electrons. The van der Waals surface area contributed by atoms with Gasteiger partial charge in [0, 0.05) is 23.8 Å². The van der Waals surface area contributed by atoms with E-state index < -0.39 is 0 Å². The van der Waals surface area contributed by atoms with Crippen molar-refractivity contribution in [2.24, 2.45) is 0 Å². The Kier molecular flexibility index (Phi) is 4.28. The van der Waals surface area contributed by atoms with Crippen LogP contribution in [0.5, 0.6) is 5.75 Å². The molecule has 3 aromatic rings. The third-order valence-corrected chi connectivity index (χ3v) is 4.83. The first kappa shape index (κ1) is 15.9. The molecule has 0 atom stereocenters. The molecule has 0 aliphatic heterocycles. The summed E-state index contributed by atoms with van der Waals surface area (Å²) < 4.78 is 7.47. The molecule has 2 N–H and O–H groups in total. The van der Waals surface area contributed by atoms with Crippen LogP contribution < -0.4 is 10.1 Å². The van der Waals surface area contributed by atoms with Gasteiger partial charge in [-0.3, -0.25) is 0 Å². The van der Waals surface area contributed by atoms with Crippen LogP contribution in [0.25, 0.3) is 16.7 Å². The summed E-state index contributed by atoms with van der Waals surface area (Å²) in [4.78, 5) is 9.02. The van der Waals surface area contributed by atoms with Gasteiger partial charge in [-0.2, -0.15) is 4.98 Å². The molecule has 4 rings (SSSR count). The molecule has 2 aromatic heterocycles. The summed E-state index contributed by atoms with van der Waals surface area (Å²) in [5, 5.41) is 14.1. The lowest BCUT2D eigenvalue weighted by Crippen LogP contribution is -2.29. The van der Waals surface area contributed by atoms with Gasteiger partial charge in [-0.1, -0.05) is 6.07 Å². The van der Waals surface area contributed by atoms with Crippen LogP contribution in [0.3, 0.4) is 0 Å². The average molecular weight is 338 g/mol. The van der Waals surface area contributed by atoms with Crippen LogP contribution in [0.1, 0.15) is 25.7 Å². The molecule has 0 spiro atoms. The van der Waals surface area contributed by atoms with Gasteiger partial charge in [0.1, 0.15) is 11.6 Å². The minimum Gasteiger partial charge on any atom is -0.496 e. The van der Waals surface area contributed by atoms with Crippen molar-refractivity contribution in [3.05, 3.63) is 42.7 Å². The van der Waals surface area contributed by atoms with E-state index in [0.717, 1.165) is 48.2 Å². The van der Waals surface area contributed by atoms with Gasteiger partial charge in [-0.15, -0.1) is 0 Å². The van der Waals surface area contributed by atoms with Crippen molar-refractivity contribution < 1.29 is 9.84 Å². The first-order chi connectivity index (χ1) is 12.2. The Labute approximate surface area is 146 Å². The number of nitrogens with one attached hydrogen (secondary N) is 1. The number of hydrogen-bond acceptors (Lipinski definition) is 5. The minimum absolute atomic E-state index is 0.161. The standard InChI is InChI=1S/C19H22N4O2/c1-25-17-4-2-3-16-15(17)10-12-23(16)18-9-11-20-19(22-18)21-13-5-7-14(24)8-6-13/h2-4,9-14,24H,5-8H2,1H3,(H,20,21,22)/t13-,14-. The summed E-state index contributed by atoms with van der Waals surface area (Å²) in [5.74, 6) is 2.30. The molecule has 6 heteroatoms. The summed E-state index contributed by atoms with van der Waals surface area (Å²) in [6.45, 7) is 0. The highest BCUT2D eigenvalue weighted by atomic mass is 16.5. The van der Waals surface area contributed by atoms with Crippen LogP contribution in [-0.2, 0) is 0 Å². The Morgan fingerprint density at radius 3 is 2.80 bits per heavy atom. The Hall–Kier alpha value is -2.60. The Balaban J connectivity index is 1.61. The van der Waals surface area contributed by atoms with E-state index in [-0.39, 0.29) is 6.10 Å². The van der Waals surface area contributed by atoms with E-state index in [1.807, 2.05) is 35.0 Å². The van der Waals surface area contributed by atoms with Crippen molar-refractivity contribution in [2.75, 3.05) is 12.4 Å². The van der Waals surface area contributed by atoms with Crippen molar-refractivity contribution >= 4 is 16.9 Å². The Morgan fingerprint density at radius 1 is 1.16 bits per heavy atom. The number of methoxy groups -OCH3 is 1. The van der Waals surface area contributed by atoms with E-state index in [0.29, 0.717) is 12.0 Å². The lowest BCUT2D eigenvalue weighted by Gasteiger charge is -2.26. The van der Waals surface area contributed by atoms with Crippen LogP contribution in [-0.4, -0.2) is 38.9 Å². The van der Waals surface area contributed by atoms with E-state index in [1.54, 1.807) is 13.3 Å². The molecule has 1 fully saturated rings. The second kappa shape index (κ2) is 6.72. The number of anilines is 1. The maximum absolute atomic E-state index is 9.63. The topological polar surface area (TPSA) is 72.2 Å². The lowest BCUT2D eigenvalue weighted by atomic mass is 9.93. The van der Waals surface area contributed by atoms with Gasteiger partial charge >= 0.3 is 0 Å². The predicted octanol–water partition coefficient (Wildman–Crippen LogP) is 3.14. The first-order valence-electron chi connectivity index (χ1n) is 8.66. The molecule has 1 aliphatic rings. The molecular formula is C19H22N4O2. The zero-order chi connectivity index (χ0) is 17.2. The number of aromatic nitrogens is 3. The third kappa shape index (κ3) is 3.17. The molecule has 2 heterocycles. The molecule has 1 aliphatic carbocycles. The maximum atomic E-state index is 9.63. The van der Waals surface area contributed by atoms with Gasteiger partial charge in [0.2, 0.25) is 5.95 Å². The number of ether oxygens (including phenoxy) is 1. The highest BCUT2D eigenvalue weighted by Crippen LogP contribution is 2.28. The molecule has 6 nitrogen and oxygen atoms in total. The van der Waals surface area contributed by atoms with E-state index in [4.69, 9.17) is 4.74 Å². The fraction of sp³-hybridized carbons (Fsp3) is 0.368. The van der Waals surface area contributed by atoms with Crippen LogP contribution in [0.4, 0.5) is 5.95 Å². The van der Waals surface area contributed by atoms with Gasteiger partial charge in [0.25, 0.3) is 0 Å². The fourth-order valence-corrected chi connectivity index (χ4v) is 3.47. The zero-order valence-corrected chi connectivity index (χ0v) is 14.2. The zero-order valence-electron chi connectivity index (χ0n) is 14.2. The molecule has 0 saturated heterocycles. The van der Waals surface area contributed by atoms with Crippen molar-refractivity contribution in [3.63, 3.8) is 0 Å². The number of aliphatic hydroxyl groups is 1. The van der Waals surface area contributed by atoms with E-state index in [1.165, 1.54) is 0 Å². The van der Waals surface area contributed by atoms with Crippen molar-refractivity contribution in [1.82, 2.24) is 14.5 Å². The first-order valence-corrected chi connectivity index (χ1v) is 8.66. The normalized spacial score (nSPS) is 20.6. The monoisotopic (exact) mass is 338 g/mol. The van der Waals surface area contributed by atoms with Crippen LogP contribution in [0.15, 0.2) is 42.7 Å². The summed E-state index contributed by atoms with van der Waals surface area (Å²) in [6, 6.07) is 10.2. The molecular weight excluding hydrogens is 316 g/mol. The maximum Gasteiger partial charge on any atom is 0.224 e. The number of nitrogens with zero attached hydrogens (tertiary/aromatic N) is 3.